The van der Waals surface area contributed by atoms with Crippen LogP contribution in [0.3, 0.4) is 0 Å². The maximum Gasteiger partial charge on any atom is 0.407 e. The molecule has 2 aromatic rings. The van der Waals surface area contributed by atoms with Gasteiger partial charge in [0.15, 0.2) is 0 Å². The van der Waals surface area contributed by atoms with Crippen LogP contribution in [-0.4, -0.2) is 40.3 Å². The van der Waals surface area contributed by atoms with E-state index in [1.165, 1.54) is 4.90 Å². The molecule has 1 fully saturated rings. The van der Waals surface area contributed by atoms with Crippen molar-refractivity contribution in [3.63, 3.8) is 0 Å². The van der Waals surface area contributed by atoms with Gasteiger partial charge in [0.05, 0.1) is 6.54 Å². The summed E-state index contributed by atoms with van der Waals surface area (Å²) in [4.78, 5) is 16.5. The molecule has 20 heavy (non-hydrogen) atoms. The molecule has 1 aromatic heterocycles. The van der Waals surface area contributed by atoms with Crippen molar-refractivity contribution in [2.45, 2.75) is 12.5 Å². The average Bonchev–Trinajstić information content (AvgIpc) is 2.87. The molecule has 1 saturated heterocycles. The van der Waals surface area contributed by atoms with Crippen molar-refractivity contribution >= 4 is 28.5 Å². The topological polar surface area (TPSA) is 62.7 Å². The highest BCUT2D eigenvalue weighted by Crippen LogP contribution is 2.28. The Balaban J connectivity index is 1.86. The van der Waals surface area contributed by atoms with Crippen molar-refractivity contribution in [2.75, 3.05) is 13.1 Å². The zero-order valence-corrected chi connectivity index (χ0v) is 11.4. The van der Waals surface area contributed by atoms with E-state index in [9.17, 15) is 4.79 Å². The third-order valence-electron chi connectivity index (χ3n) is 3.37. The first-order valence-corrected chi connectivity index (χ1v) is 6.71. The summed E-state index contributed by atoms with van der Waals surface area (Å²) in [5.74, 6) is 0.463. The van der Waals surface area contributed by atoms with Crippen LogP contribution < -0.4 is 4.74 Å². The minimum Gasteiger partial charge on any atom is -0.472 e. The number of nitrogens with zero attached hydrogens (tertiary/aromatic N) is 2. The predicted octanol–water partition coefficient (Wildman–Crippen LogP) is 3.02. The second-order valence-corrected chi connectivity index (χ2v) is 5.12. The van der Waals surface area contributed by atoms with Crippen molar-refractivity contribution in [1.29, 1.82) is 0 Å². The van der Waals surface area contributed by atoms with Gasteiger partial charge in [0.25, 0.3) is 0 Å². The fraction of sp³-hybridized carbons (Fsp3) is 0.286. The van der Waals surface area contributed by atoms with Gasteiger partial charge in [-0.2, -0.15) is 0 Å². The highest BCUT2D eigenvalue weighted by Gasteiger charge is 2.28. The van der Waals surface area contributed by atoms with E-state index in [2.05, 4.69) is 4.98 Å². The first kappa shape index (κ1) is 13.0. The molecule has 3 rings (SSSR count). The van der Waals surface area contributed by atoms with Gasteiger partial charge < -0.3 is 14.7 Å². The largest absolute Gasteiger partial charge is 0.472 e. The molecular weight excluding hydrogens is 280 g/mol. The Kier molecular flexibility index (Phi) is 3.36. The van der Waals surface area contributed by atoms with Crippen molar-refractivity contribution in [2.24, 2.45) is 0 Å². The van der Waals surface area contributed by atoms with Gasteiger partial charge in [-0.25, -0.2) is 9.78 Å². The summed E-state index contributed by atoms with van der Waals surface area (Å²) in [6, 6.07) is 9.46. The van der Waals surface area contributed by atoms with E-state index >= 15 is 0 Å². The lowest BCUT2D eigenvalue weighted by molar-refractivity contribution is 0.145. The quantitative estimate of drug-likeness (QED) is 0.864. The Morgan fingerprint density at radius 2 is 2.25 bits per heavy atom. The summed E-state index contributed by atoms with van der Waals surface area (Å²) in [6.45, 7) is 0.844. The molecule has 0 spiro atoms. The fourth-order valence-corrected chi connectivity index (χ4v) is 2.58. The van der Waals surface area contributed by atoms with Crippen LogP contribution in [0.1, 0.15) is 6.42 Å². The standard InChI is InChI=1S/C14H13ClN2O3/c15-12-7-9-3-1-2-4-11(9)13(16-12)20-10-5-6-17(8-10)14(18)19/h1-4,7,10H,5-6,8H2,(H,18,19)/t10-/m0/s1. The maximum absolute atomic E-state index is 10.9. The molecular formula is C14H13ClN2O3. The first-order chi connectivity index (χ1) is 9.63. The van der Waals surface area contributed by atoms with Gasteiger partial charge in [0.2, 0.25) is 5.88 Å². The molecule has 1 atom stereocenters. The van der Waals surface area contributed by atoms with Gasteiger partial charge in [-0.15, -0.1) is 0 Å². The molecule has 0 radical (unpaired) electrons. The van der Waals surface area contributed by atoms with Gasteiger partial charge in [0, 0.05) is 18.4 Å². The monoisotopic (exact) mass is 292 g/mol. The van der Waals surface area contributed by atoms with E-state index < -0.39 is 6.09 Å². The minimum absolute atomic E-state index is 0.180. The third kappa shape index (κ3) is 2.49. The number of carboxylic acid groups (broad SMARTS) is 1. The summed E-state index contributed by atoms with van der Waals surface area (Å²) < 4.78 is 5.85. The van der Waals surface area contributed by atoms with Crippen molar-refractivity contribution in [1.82, 2.24) is 9.88 Å². The molecule has 0 unspecified atom stereocenters. The van der Waals surface area contributed by atoms with Crippen LogP contribution in [0.2, 0.25) is 5.15 Å². The Hall–Kier alpha value is -2.01. The molecule has 0 saturated carbocycles. The number of benzene rings is 1. The molecule has 1 N–H and O–H groups in total. The van der Waals surface area contributed by atoms with Crippen LogP contribution in [0.25, 0.3) is 10.8 Å². The van der Waals surface area contributed by atoms with Crippen LogP contribution in [0, 0.1) is 0 Å². The highest BCUT2D eigenvalue weighted by molar-refractivity contribution is 6.30. The van der Waals surface area contributed by atoms with Gasteiger partial charge in [-0.05, 0) is 17.5 Å². The summed E-state index contributed by atoms with van der Waals surface area (Å²) >= 11 is 5.99. The van der Waals surface area contributed by atoms with E-state index in [-0.39, 0.29) is 6.10 Å². The van der Waals surface area contributed by atoms with Crippen LogP contribution in [-0.2, 0) is 0 Å². The molecule has 5 nitrogen and oxygen atoms in total. The van der Waals surface area contributed by atoms with Crippen LogP contribution in [0.15, 0.2) is 30.3 Å². The zero-order valence-electron chi connectivity index (χ0n) is 10.6. The second-order valence-electron chi connectivity index (χ2n) is 4.73. The number of fused-ring (bicyclic) bond motifs is 1. The lowest BCUT2D eigenvalue weighted by Crippen LogP contribution is -2.29. The fourth-order valence-electron chi connectivity index (χ4n) is 2.38. The smallest absolute Gasteiger partial charge is 0.407 e. The van der Waals surface area contributed by atoms with E-state index in [0.29, 0.717) is 30.5 Å². The number of pyridine rings is 1. The highest BCUT2D eigenvalue weighted by atomic mass is 35.5. The van der Waals surface area contributed by atoms with Gasteiger partial charge in [0.1, 0.15) is 11.3 Å². The number of halogens is 1. The number of amides is 1. The van der Waals surface area contributed by atoms with Crippen molar-refractivity contribution in [3.05, 3.63) is 35.5 Å². The van der Waals surface area contributed by atoms with Gasteiger partial charge in [-0.3, -0.25) is 0 Å². The Labute approximate surface area is 120 Å². The van der Waals surface area contributed by atoms with Crippen LogP contribution in [0.4, 0.5) is 4.79 Å². The molecule has 0 aliphatic carbocycles. The van der Waals surface area contributed by atoms with Crippen LogP contribution in [0.5, 0.6) is 5.88 Å². The number of ether oxygens (including phenoxy) is 1. The van der Waals surface area contributed by atoms with E-state index in [0.717, 1.165) is 10.8 Å². The lowest BCUT2D eigenvalue weighted by atomic mass is 10.2. The first-order valence-electron chi connectivity index (χ1n) is 6.33. The van der Waals surface area contributed by atoms with Crippen molar-refractivity contribution < 1.29 is 14.6 Å². The SMILES string of the molecule is O=C(O)N1CC[C@H](Oc2nc(Cl)cc3ccccc23)C1. The summed E-state index contributed by atoms with van der Waals surface area (Å²) in [5.41, 5.74) is 0. The maximum atomic E-state index is 10.9. The molecule has 6 heteroatoms. The van der Waals surface area contributed by atoms with E-state index in [1.807, 2.05) is 24.3 Å². The Bertz CT molecular complexity index is 662. The molecule has 0 bridgehead atoms. The Morgan fingerprint density at radius 3 is 3.00 bits per heavy atom. The van der Waals surface area contributed by atoms with Gasteiger partial charge in [-0.1, -0.05) is 29.8 Å². The van der Waals surface area contributed by atoms with Gasteiger partial charge >= 0.3 is 6.09 Å². The molecule has 1 aromatic carbocycles. The number of rotatable bonds is 2. The van der Waals surface area contributed by atoms with E-state index in [1.54, 1.807) is 6.07 Å². The predicted molar refractivity (Wildman–Crippen MR) is 75.4 cm³/mol. The minimum atomic E-state index is -0.917. The number of aromatic nitrogens is 1. The molecule has 1 aliphatic heterocycles. The zero-order chi connectivity index (χ0) is 14.1. The second kappa shape index (κ2) is 5.17. The average molecular weight is 293 g/mol. The molecule has 1 amide bonds. The number of likely N-dealkylation sites (tertiary alicyclic amines) is 1. The number of hydrogen-bond donors (Lipinski definition) is 1. The summed E-state index contributed by atoms with van der Waals surface area (Å²) in [7, 11) is 0. The Morgan fingerprint density at radius 1 is 1.45 bits per heavy atom. The summed E-state index contributed by atoms with van der Waals surface area (Å²) in [6.07, 6.45) is -0.435. The number of hydrogen-bond acceptors (Lipinski definition) is 3. The third-order valence-corrected chi connectivity index (χ3v) is 3.56. The van der Waals surface area contributed by atoms with Crippen molar-refractivity contribution in [3.8, 4) is 5.88 Å². The van der Waals surface area contributed by atoms with E-state index in [4.69, 9.17) is 21.4 Å². The molecule has 1 aliphatic rings. The molecule has 104 valence electrons. The number of carbonyl (C=O) groups is 1. The normalized spacial score (nSPS) is 18.4. The molecule has 2 heterocycles. The van der Waals surface area contributed by atoms with Crippen LogP contribution >= 0.6 is 11.6 Å². The lowest BCUT2D eigenvalue weighted by Gasteiger charge is -2.15. The summed E-state index contributed by atoms with van der Waals surface area (Å²) in [5, 5.41) is 11.1.